The molecule has 0 atom stereocenters. The van der Waals surface area contributed by atoms with Gasteiger partial charge in [0.25, 0.3) is 0 Å². The Labute approximate surface area is 95.2 Å². The predicted molar refractivity (Wildman–Crippen MR) is 62.3 cm³/mol. The Balaban J connectivity index is 2.94. The van der Waals surface area contributed by atoms with Gasteiger partial charge >= 0.3 is 0 Å². The van der Waals surface area contributed by atoms with Crippen LogP contribution in [0.5, 0.6) is 0 Å². The van der Waals surface area contributed by atoms with Gasteiger partial charge in [-0.25, -0.2) is 9.97 Å². The van der Waals surface area contributed by atoms with Crippen LogP contribution in [0.2, 0.25) is 10.4 Å². The molecule has 72 valence electrons. The normalized spacial score (nSPS) is 10.8. The van der Waals surface area contributed by atoms with Crippen LogP contribution in [0.4, 0.5) is 0 Å². The molecule has 5 heteroatoms. The average Bonchev–Trinajstić information content (AvgIpc) is 2.41. The lowest BCUT2D eigenvalue weighted by Gasteiger charge is -1.94. The molecule has 0 aliphatic rings. The number of aryl methyl sites for hydroxylation is 1. The molecule has 2 nitrogen and oxygen atoms in total. The fourth-order valence-corrected chi connectivity index (χ4v) is 2.76. The molecule has 2 aromatic rings. The molecule has 0 aliphatic carbocycles. The molecule has 14 heavy (non-hydrogen) atoms. The average molecular weight is 245 g/mol. The fraction of sp³-hybridized carbons (Fsp3) is 0.111. The molecule has 0 saturated carbocycles. The van der Waals surface area contributed by atoms with E-state index in [0.717, 1.165) is 20.7 Å². The van der Waals surface area contributed by atoms with Gasteiger partial charge in [-0.1, -0.05) is 24.3 Å². The lowest BCUT2D eigenvalue weighted by Crippen LogP contribution is -1.84. The van der Waals surface area contributed by atoms with Crippen LogP contribution in [-0.4, -0.2) is 9.97 Å². The molecule has 0 saturated heterocycles. The number of nitrogens with zero attached hydrogens (tertiary/aromatic N) is 2. The number of hydrogen-bond donors (Lipinski definition) is 0. The van der Waals surface area contributed by atoms with Crippen LogP contribution in [0.15, 0.2) is 6.58 Å². The molecular weight excluding hydrogens is 239 g/mol. The van der Waals surface area contributed by atoms with Crippen molar-refractivity contribution in [1.29, 1.82) is 0 Å². The van der Waals surface area contributed by atoms with Crippen molar-refractivity contribution < 1.29 is 0 Å². The standard InChI is InChI=1S/C9H6Cl2N2S/c1-3-5-4(2)14-7-6(5)12-9(11)13-8(7)10/h3H,1H2,2H3. The first-order valence-electron chi connectivity index (χ1n) is 3.88. The molecule has 0 N–H and O–H groups in total. The van der Waals surface area contributed by atoms with E-state index in [1.165, 1.54) is 0 Å². The van der Waals surface area contributed by atoms with Crippen molar-refractivity contribution in [1.82, 2.24) is 9.97 Å². The highest BCUT2D eigenvalue weighted by Gasteiger charge is 2.12. The van der Waals surface area contributed by atoms with E-state index >= 15 is 0 Å². The smallest absolute Gasteiger partial charge is 0.216 e. The van der Waals surface area contributed by atoms with Gasteiger partial charge in [-0.3, -0.25) is 0 Å². The van der Waals surface area contributed by atoms with E-state index in [4.69, 9.17) is 23.2 Å². The molecule has 0 aliphatic heterocycles. The lowest BCUT2D eigenvalue weighted by molar-refractivity contribution is 1.23. The summed E-state index contributed by atoms with van der Waals surface area (Å²) in [4.78, 5) is 9.14. The Morgan fingerprint density at radius 2 is 2.07 bits per heavy atom. The molecule has 0 spiro atoms. The number of aromatic nitrogens is 2. The third-order valence-electron chi connectivity index (χ3n) is 1.89. The zero-order chi connectivity index (χ0) is 10.3. The van der Waals surface area contributed by atoms with Gasteiger partial charge in [-0.2, -0.15) is 0 Å². The van der Waals surface area contributed by atoms with Crippen LogP contribution in [0, 0.1) is 6.92 Å². The minimum atomic E-state index is 0.170. The first-order valence-corrected chi connectivity index (χ1v) is 5.45. The van der Waals surface area contributed by atoms with Crippen molar-refractivity contribution >= 4 is 50.8 Å². The molecule has 2 heterocycles. The van der Waals surface area contributed by atoms with Crippen molar-refractivity contribution in [2.24, 2.45) is 0 Å². The van der Waals surface area contributed by atoms with E-state index < -0.39 is 0 Å². The number of thiophene rings is 1. The maximum absolute atomic E-state index is 5.95. The molecule has 0 fully saturated rings. The van der Waals surface area contributed by atoms with E-state index in [-0.39, 0.29) is 5.28 Å². The summed E-state index contributed by atoms with van der Waals surface area (Å²) in [6, 6.07) is 0. The van der Waals surface area contributed by atoms with Gasteiger partial charge in [0, 0.05) is 10.4 Å². The van der Waals surface area contributed by atoms with Gasteiger partial charge in [0.05, 0.1) is 10.2 Å². The monoisotopic (exact) mass is 244 g/mol. The van der Waals surface area contributed by atoms with E-state index in [9.17, 15) is 0 Å². The van der Waals surface area contributed by atoms with Gasteiger partial charge in [-0.15, -0.1) is 11.3 Å². The second-order valence-corrected chi connectivity index (χ2v) is 4.66. The molecule has 0 amide bonds. The van der Waals surface area contributed by atoms with Crippen LogP contribution in [0.25, 0.3) is 16.3 Å². The van der Waals surface area contributed by atoms with Gasteiger partial charge < -0.3 is 0 Å². The summed E-state index contributed by atoms with van der Waals surface area (Å²) in [5, 5.41) is 0.574. The summed E-state index contributed by atoms with van der Waals surface area (Å²) in [6.45, 7) is 5.73. The van der Waals surface area contributed by atoms with Gasteiger partial charge in [0.2, 0.25) is 5.28 Å². The lowest BCUT2D eigenvalue weighted by atomic mass is 10.2. The molecular formula is C9H6Cl2N2S. The summed E-state index contributed by atoms with van der Waals surface area (Å²) < 4.78 is 0.864. The maximum Gasteiger partial charge on any atom is 0.224 e. The largest absolute Gasteiger partial charge is 0.224 e. The fourth-order valence-electron chi connectivity index (χ4n) is 1.29. The van der Waals surface area contributed by atoms with Crippen molar-refractivity contribution in [2.45, 2.75) is 6.92 Å². The summed E-state index contributed by atoms with van der Waals surface area (Å²) in [5.74, 6) is 0. The molecule has 0 bridgehead atoms. The Bertz CT molecular complexity index is 519. The third kappa shape index (κ3) is 1.41. The third-order valence-corrected chi connectivity index (χ3v) is 3.56. The minimum absolute atomic E-state index is 0.170. The highest BCUT2D eigenvalue weighted by Crippen LogP contribution is 2.34. The summed E-state index contributed by atoms with van der Waals surface area (Å²) in [5.41, 5.74) is 1.77. The van der Waals surface area contributed by atoms with Crippen LogP contribution in [0.1, 0.15) is 10.4 Å². The zero-order valence-corrected chi connectivity index (χ0v) is 9.67. The summed E-state index contributed by atoms with van der Waals surface area (Å²) in [6.07, 6.45) is 1.76. The topological polar surface area (TPSA) is 25.8 Å². The van der Waals surface area contributed by atoms with E-state index in [1.807, 2.05) is 6.92 Å². The quantitative estimate of drug-likeness (QED) is 0.561. The highest BCUT2D eigenvalue weighted by molar-refractivity contribution is 7.19. The summed E-state index contributed by atoms with van der Waals surface area (Å²) >= 11 is 13.2. The molecule has 0 radical (unpaired) electrons. The molecule has 0 unspecified atom stereocenters. The van der Waals surface area contributed by atoms with Crippen molar-refractivity contribution in [3.05, 3.63) is 27.5 Å². The Morgan fingerprint density at radius 1 is 1.36 bits per heavy atom. The van der Waals surface area contributed by atoms with E-state index in [1.54, 1.807) is 17.4 Å². The predicted octanol–water partition coefficient (Wildman–Crippen LogP) is 3.95. The molecule has 2 aromatic heterocycles. The minimum Gasteiger partial charge on any atom is -0.216 e. The maximum atomic E-state index is 5.95. The zero-order valence-electron chi connectivity index (χ0n) is 7.34. The number of halogens is 2. The highest BCUT2D eigenvalue weighted by atomic mass is 35.5. The molecule has 2 rings (SSSR count). The summed E-state index contributed by atoms with van der Waals surface area (Å²) in [7, 11) is 0. The number of fused-ring (bicyclic) bond motifs is 1. The Kier molecular flexibility index (Phi) is 2.47. The van der Waals surface area contributed by atoms with Gasteiger partial charge in [0.15, 0.2) is 5.15 Å². The van der Waals surface area contributed by atoms with Crippen molar-refractivity contribution in [3.8, 4) is 0 Å². The second-order valence-electron chi connectivity index (χ2n) is 2.74. The van der Waals surface area contributed by atoms with Crippen LogP contribution >= 0.6 is 34.5 Å². The van der Waals surface area contributed by atoms with Crippen molar-refractivity contribution in [2.75, 3.05) is 0 Å². The SMILES string of the molecule is C=Cc1c(C)sc2c(Cl)nc(Cl)nc12. The first-order chi connectivity index (χ1) is 6.63. The molecule has 0 aromatic carbocycles. The van der Waals surface area contributed by atoms with Crippen LogP contribution in [-0.2, 0) is 0 Å². The Morgan fingerprint density at radius 3 is 2.71 bits per heavy atom. The first kappa shape index (κ1) is 9.90. The van der Waals surface area contributed by atoms with Crippen LogP contribution in [0.3, 0.4) is 0 Å². The van der Waals surface area contributed by atoms with Gasteiger partial charge in [0.1, 0.15) is 0 Å². The number of hydrogen-bond acceptors (Lipinski definition) is 3. The van der Waals surface area contributed by atoms with Crippen LogP contribution < -0.4 is 0 Å². The van der Waals surface area contributed by atoms with E-state index in [0.29, 0.717) is 5.15 Å². The van der Waals surface area contributed by atoms with Gasteiger partial charge in [-0.05, 0) is 18.5 Å². The van der Waals surface area contributed by atoms with Crippen molar-refractivity contribution in [3.63, 3.8) is 0 Å². The van der Waals surface area contributed by atoms with E-state index in [2.05, 4.69) is 16.5 Å². The Hall–Kier alpha value is -0.640. The second kappa shape index (κ2) is 3.50. The number of rotatable bonds is 1.